The van der Waals surface area contributed by atoms with E-state index in [-0.39, 0.29) is 6.61 Å². The van der Waals surface area contributed by atoms with Crippen LogP contribution >= 0.6 is 0 Å². The Bertz CT molecular complexity index is 182. The summed E-state index contributed by atoms with van der Waals surface area (Å²) in [7, 11) is 0. The second-order valence-corrected chi connectivity index (χ2v) is 4.70. The first-order valence-corrected chi connectivity index (χ1v) is 5.45. The Labute approximate surface area is 81.9 Å². The van der Waals surface area contributed by atoms with E-state index in [4.69, 9.17) is 5.11 Å². The SMILES string of the molecule is CC(C)[C@@H]1CC[C@@H](C)C/C1=C\CO. The molecule has 1 fully saturated rings. The zero-order valence-electron chi connectivity index (χ0n) is 9.09. The summed E-state index contributed by atoms with van der Waals surface area (Å²) in [6, 6.07) is 0. The predicted octanol–water partition coefficient (Wildman–Crippen LogP) is 3.00. The summed E-state index contributed by atoms with van der Waals surface area (Å²) in [5.41, 5.74) is 1.50. The molecule has 0 aromatic rings. The highest BCUT2D eigenvalue weighted by Crippen LogP contribution is 2.37. The van der Waals surface area contributed by atoms with Gasteiger partial charge < -0.3 is 5.11 Å². The van der Waals surface area contributed by atoms with Crippen LogP contribution in [-0.4, -0.2) is 11.7 Å². The lowest BCUT2D eigenvalue weighted by molar-refractivity contribution is 0.296. The minimum absolute atomic E-state index is 0.214. The van der Waals surface area contributed by atoms with Crippen molar-refractivity contribution in [3.05, 3.63) is 11.6 Å². The maximum Gasteiger partial charge on any atom is 0.0615 e. The highest BCUT2D eigenvalue weighted by Gasteiger charge is 2.24. The van der Waals surface area contributed by atoms with E-state index in [2.05, 4.69) is 20.8 Å². The molecule has 0 spiro atoms. The van der Waals surface area contributed by atoms with E-state index in [1.165, 1.54) is 24.8 Å². The van der Waals surface area contributed by atoms with Gasteiger partial charge in [-0.05, 0) is 37.0 Å². The number of hydrogen-bond acceptors (Lipinski definition) is 1. The molecule has 0 aromatic carbocycles. The van der Waals surface area contributed by atoms with E-state index in [1.807, 2.05) is 6.08 Å². The Morgan fingerprint density at radius 2 is 2.15 bits per heavy atom. The molecule has 1 aliphatic rings. The third-order valence-corrected chi connectivity index (χ3v) is 3.19. The van der Waals surface area contributed by atoms with Crippen molar-refractivity contribution in [1.29, 1.82) is 0 Å². The molecule has 0 heterocycles. The predicted molar refractivity (Wildman–Crippen MR) is 56.5 cm³/mol. The molecular weight excluding hydrogens is 160 g/mol. The quantitative estimate of drug-likeness (QED) is 0.651. The van der Waals surface area contributed by atoms with Gasteiger partial charge in [0, 0.05) is 0 Å². The van der Waals surface area contributed by atoms with Gasteiger partial charge in [-0.2, -0.15) is 0 Å². The van der Waals surface area contributed by atoms with E-state index in [1.54, 1.807) is 0 Å². The van der Waals surface area contributed by atoms with Crippen LogP contribution in [0.2, 0.25) is 0 Å². The molecule has 0 aromatic heterocycles. The van der Waals surface area contributed by atoms with Crippen molar-refractivity contribution in [2.45, 2.75) is 40.0 Å². The normalized spacial score (nSPS) is 32.8. The standard InChI is InChI=1S/C12H22O/c1-9(2)12-5-4-10(3)8-11(12)6-7-13/h6,9-10,12-13H,4-5,7-8H2,1-3H3/b11-6+/t10-,12+/m1/s1. The van der Waals surface area contributed by atoms with Crippen molar-refractivity contribution < 1.29 is 5.11 Å². The summed E-state index contributed by atoms with van der Waals surface area (Å²) in [4.78, 5) is 0. The fraction of sp³-hybridized carbons (Fsp3) is 0.833. The van der Waals surface area contributed by atoms with Gasteiger partial charge in [0.05, 0.1) is 6.61 Å². The average molecular weight is 182 g/mol. The molecule has 0 radical (unpaired) electrons. The first-order valence-electron chi connectivity index (χ1n) is 5.45. The maximum absolute atomic E-state index is 8.93. The van der Waals surface area contributed by atoms with Crippen LogP contribution in [0.5, 0.6) is 0 Å². The van der Waals surface area contributed by atoms with Gasteiger partial charge in [-0.1, -0.05) is 32.4 Å². The van der Waals surface area contributed by atoms with E-state index in [9.17, 15) is 0 Å². The van der Waals surface area contributed by atoms with E-state index >= 15 is 0 Å². The Hall–Kier alpha value is -0.300. The average Bonchev–Trinajstić information content (AvgIpc) is 2.04. The molecule has 76 valence electrons. The Balaban J connectivity index is 2.66. The lowest BCUT2D eigenvalue weighted by Gasteiger charge is -2.32. The minimum atomic E-state index is 0.214. The summed E-state index contributed by atoms with van der Waals surface area (Å²) in [5, 5.41) is 8.93. The molecule has 1 nitrogen and oxygen atoms in total. The van der Waals surface area contributed by atoms with Gasteiger partial charge in [0.25, 0.3) is 0 Å². The van der Waals surface area contributed by atoms with Crippen molar-refractivity contribution in [3.8, 4) is 0 Å². The highest BCUT2D eigenvalue weighted by atomic mass is 16.2. The molecule has 0 unspecified atom stereocenters. The van der Waals surface area contributed by atoms with Gasteiger partial charge >= 0.3 is 0 Å². The molecule has 1 aliphatic carbocycles. The Morgan fingerprint density at radius 3 is 2.69 bits per heavy atom. The summed E-state index contributed by atoms with van der Waals surface area (Å²) in [5.74, 6) is 2.27. The van der Waals surface area contributed by atoms with Crippen LogP contribution in [-0.2, 0) is 0 Å². The number of aliphatic hydroxyl groups is 1. The molecule has 1 rings (SSSR count). The lowest BCUT2D eigenvalue weighted by Crippen LogP contribution is -2.20. The number of allylic oxidation sites excluding steroid dienone is 1. The molecule has 13 heavy (non-hydrogen) atoms. The highest BCUT2D eigenvalue weighted by molar-refractivity contribution is 5.11. The molecular formula is C12H22O. The zero-order chi connectivity index (χ0) is 9.84. The van der Waals surface area contributed by atoms with Crippen molar-refractivity contribution in [3.63, 3.8) is 0 Å². The monoisotopic (exact) mass is 182 g/mol. The third-order valence-electron chi connectivity index (χ3n) is 3.19. The van der Waals surface area contributed by atoms with Crippen molar-refractivity contribution in [1.82, 2.24) is 0 Å². The van der Waals surface area contributed by atoms with E-state index in [0.717, 1.165) is 17.8 Å². The molecule has 0 bridgehead atoms. The topological polar surface area (TPSA) is 20.2 Å². The maximum atomic E-state index is 8.93. The Kier molecular flexibility index (Phi) is 3.98. The van der Waals surface area contributed by atoms with Crippen molar-refractivity contribution in [2.75, 3.05) is 6.61 Å². The number of rotatable bonds is 2. The van der Waals surface area contributed by atoms with Crippen LogP contribution in [0.15, 0.2) is 11.6 Å². The fourth-order valence-electron chi connectivity index (χ4n) is 2.42. The van der Waals surface area contributed by atoms with Gasteiger partial charge in [-0.25, -0.2) is 0 Å². The first kappa shape index (κ1) is 10.8. The van der Waals surface area contributed by atoms with Crippen LogP contribution in [0.25, 0.3) is 0 Å². The third kappa shape index (κ3) is 2.84. The summed E-state index contributed by atoms with van der Waals surface area (Å²) < 4.78 is 0. The largest absolute Gasteiger partial charge is 0.392 e. The van der Waals surface area contributed by atoms with Gasteiger partial charge in [-0.15, -0.1) is 0 Å². The number of aliphatic hydroxyl groups excluding tert-OH is 1. The molecule has 1 N–H and O–H groups in total. The molecule has 2 atom stereocenters. The van der Waals surface area contributed by atoms with E-state index in [0.29, 0.717) is 0 Å². The van der Waals surface area contributed by atoms with Gasteiger partial charge in [0.15, 0.2) is 0 Å². The Morgan fingerprint density at radius 1 is 1.46 bits per heavy atom. The molecule has 1 heteroatoms. The van der Waals surface area contributed by atoms with E-state index < -0.39 is 0 Å². The lowest BCUT2D eigenvalue weighted by atomic mass is 9.74. The smallest absolute Gasteiger partial charge is 0.0615 e. The minimum Gasteiger partial charge on any atom is -0.392 e. The van der Waals surface area contributed by atoms with Gasteiger partial charge in [-0.3, -0.25) is 0 Å². The van der Waals surface area contributed by atoms with Crippen molar-refractivity contribution in [2.24, 2.45) is 17.8 Å². The molecule has 0 saturated heterocycles. The molecule has 0 amide bonds. The van der Waals surface area contributed by atoms with Gasteiger partial charge in [0.2, 0.25) is 0 Å². The van der Waals surface area contributed by atoms with Crippen LogP contribution in [0.4, 0.5) is 0 Å². The van der Waals surface area contributed by atoms with Gasteiger partial charge in [0.1, 0.15) is 0 Å². The summed E-state index contributed by atoms with van der Waals surface area (Å²) in [6.45, 7) is 7.09. The first-order chi connectivity index (χ1) is 6.15. The fourth-order valence-corrected chi connectivity index (χ4v) is 2.42. The molecule has 1 saturated carbocycles. The summed E-state index contributed by atoms with van der Waals surface area (Å²) in [6.07, 6.45) is 5.89. The van der Waals surface area contributed by atoms with Crippen LogP contribution in [0.3, 0.4) is 0 Å². The van der Waals surface area contributed by atoms with Crippen LogP contribution in [0.1, 0.15) is 40.0 Å². The van der Waals surface area contributed by atoms with Crippen LogP contribution < -0.4 is 0 Å². The molecule has 0 aliphatic heterocycles. The number of hydrogen-bond donors (Lipinski definition) is 1. The second-order valence-electron chi connectivity index (χ2n) is 4.70. The van der Waals surface area contributed by atoms with Crippen molar-refractivity contribution >= 4 is 0 Å². The van der Waals surface area contributed by atoms with Crippen LogP contribution in [0, 0.1) is 17.8 Å². The summed E-state index contributed by atoms with van der Waals surface area (Å²) >= 11 is 0. The zero-order valence-corrected chi connectivity index (χ0v) is 9.09. The second kappa shape index (κ2) is 4.80.